The van der Waals surface area contributed by atoms with E-state index in [1.54, 1.807) is 0 Å². The lowest BCUT2D eigenvalue weighted by Crippen LogP contribution is -2.38. The van der Waals surface area contributed by atoms with E-state index in [9.17, 15) is 0 Å². The van der Waals surface area contributed by atoms with Gasteiger partial charge in [0.15, 0.2) is 5.96 Å². The monoisotopic (exact) mass is 259 g/mol. The predicted molar refractivity (Wildman–Crippen MR) is 81.6 cm³/mol. The molecule has 0 amide bonds. The van der Waals surface area contributed by atoms with Crippen molar-refractivity contribution < 1.29 is 0 Å². The minimum absolute atomic E-state index is 0.301. The number of nitrogens with zero attached hydrogens (tertiary/aromatic N) is 1. The number of aliphatic imine (C=N–C) groups is 1. The number of rotatable bonds is 6. The first-order chi connectivity index (χ1) is 9.30. The molecule has 0 bridgehead atoms. The fraction of sp³-hybridized carbons (Fsp3) is 0.562. The first-order valence-corrected chi connectivity index (χ1v) is 7.38. The molecule has 0 aliphatic heterocycles. The minimum Gasteiger partial charge on any atom is -0.357 e. The third kappa shape index (κ3) is 3.72. The molecular weight excluding hydrogens is 234 g/mol. The maximum Gasteiger partial charge on any atom is 0.191 e. The molecule has 1 aromatic carbocycles. The van der Waals surface area contributed by atoms with Crippen molar-refractivity contribution in [2.24, 2.45) is 4.99 Å². The molecule has 1 aliphatic rings. The highest BCUT2D eigenvalue weighted by molar-refractivity contribution is 5.79. The van der Waals surface area contributed by atoms with Gasteiger partial charge < -0.3 is 10.6 Å². The molecule has 0 atom stereocenters. The van der Waals surface area contributed by atoms with E-state index in [1.165, 1.54) is 18.4 Å². The Hall–Kier alpha value is -1.51. The highest BCUT2D eigenvalue weighted by Gasteiger charge is 2.43. The van der Waals surface area contributed by atoms with Crippen molar-refractivity contribution >= 4 is 5.96 Å². The van der Waals surface area contributed by atoms with Crippen molar-refractivity contribution in [1.29, 1.82) is 0 Å². The van der Waals surface area contributed by atoms with E-state index < -0.39 is 0 Å². The topological polar surface area (TPSA) is 36.4 Å². The predicted octanol–water partition coefficient (Wildman–Crippen LogP) is 2.68. The number of hydrogen-bond donors (Lipinski definition) is 2. The van der Waals surface area contributed by atoms with E-state index in [2.05, 4.69) is 54.8 Å². The molecule has 0 aromatic heterocycles. The molecule has 0 heterocycles. The van der Waals surface area contributed by atoms with Crippen molar-refractivity contribution in [3.8, 4) is 0 Å². The molecule has 104 valence electrons. The summed E-state index contributed by atoms with van der Waals surface area (Å²) in [5, 5.41) is 6.67. The second-order valence-corrected chi connectivity index (χ2v) is 5.27. The van der Waals surface area contributed by atoms with Gasteiger partial charge in [0, 0.05) is 18.5 Å². The van der Waals surface area contributed by atoms with Gasteiger partial charge in [0.25, 0.3) is 0 Å². The van der Waals surface area contributed by atoms with E-state index in [0.717, 1.165) is 32.0 Å². The lowest BCUT2D eigenvalue weighted by molar-refractivity contribution is 0.691. The Morgan fingerprint density at radius 2 is 1.89 bits per heavy atom. The van der Waals surface area contributed by atoms with Gasteiger partial charge in [0.1, 0.15) is 0 Å². The number of nitrogens with one attached hydrogen (secondary N) is 2. The molecule has 1 aromatic rings. The average Bonchev–Trinajstić information content (AvgIpc) is 3.24. The zero-order chi connectivity index (χ0) is 13.6. The smallest absolute Gasteiger partial charge is 0.191 e. The van der Waals surface area contributed by atoms with Crippen LogP contribution in [0.15, 0.2) is 35.3 Å². The van der Waals surface area contributed by atoms with Crippen molar-refractivity contribution in [1.82, 2.24) is 10.6 Å². The summed E-state index contributed by atoms with van der Waals surface area (Å²) in [6.07, 6.45) is 3.63. The number of hydrogen-bond acceptors (Lipinski definition) is 1. The van der Waals surface area contributed by atoms with Gasteiger partial charge >= 0.3 is 0 Å². The van der Waals surface area contributed by atoms with Crippen LogP contribution in [0.3, 0.4) is 0 Å². The van der Waals surface area contributed by atoms with Crippen LogP contribution in [0.4, 0.5) is 0 Å². The van der Waals surface area contributed by atoms with Gasteiger partial charge in [0.2, 0.25) is 0 Å². The van der Waals surface area contributed by atoms with Crippen LogP contribution in [0.25, 0.3) is 0 Å². The van der Waals surface area contributed by atoms with Crippen LogP contribution in [-0.2, 0) is 5.41 Å². The largest absolute Gasteiger partial charge is 0.357 e. The Balaban J connectivity index is 1.99. The third-order valence-corrected chi connectivity index (χ3v) is 3.67. The molecule has 19 heavy (non-hydrogen) atoms. The second kappa shape index (κ2) is 6.60. The Morgan fingerprint density at radius 3 is 2.47 bits per heavy atom. The Kier molecular flexibility index (Phi) is 4.83. The van der Waals surface area contributed by atoms with Gasteiger partial charge in [-0.15, -0.1) is 0 Å². The average molecular weight is 259 g/mol. The van der Waals surface area contributed by atoms with E-state index in [4.69, 9.17) is 4.99 Å². The summed E-state index contributed by atoms with van der Waals surface area (Å²) in [6, 6.07) is 10.8. The van der Waals surface area contributed by atoms with Crippen molar-refractivity contribution in [3.05, 3.63) is 35.9 Å². The molecule has 2 N–H and O–H groups in total. The summed E-state index contributed by atoms with van der Waals surface area (Å²) in [7, 11) is 0. The van der Waals surface area contributed by atoms with E-state index in [0.29, 0.717) is 5.41 Å². The molecule has 1 aliphatic carbocycles. The summed E-state index contributed by atoms with van der Waals surface area (Å²) >= 11 is 0. The van der Waals surface area contributed by atoms with Crippen molar-refractivity contribution in [2.45, 2.75) is 38.5 Å². The van der Waals surface area contributed by atoms with Crippen LogP contribution >= 0.6 is 0 Å². The first kappa shape index (κ1) is 13.9. The lowest BCUT2D eigenvalue weighted by atomic mass is 9.96. The van der Waals surface area contributed by atoms with Crippen LogP contribution in [0.5, 0.6) is 0 Å². The Morgan fingerprint density at radius 1 is 1.16 bits per heavy atom. The Bertz CT molecular complexity index is 407. The highest BCUT2D eigenvalue weighted by atomic mass is 15.2. The standard InChI is InChI=1S/C16H25N3/c1-3-12-18-15(17-4-2)19-13-16(10-11-16)14-8-6-5-7-9-14/h5-9H,3-4,10-13H2,1-2H3,(H2,17,18,19). The van der Waals surface area contributed by atoms with E-state index >= 15 is 0 Å². The van der Waals surface area contributed by atoms with Gasteiger partial charge in [-0.2, -0.15) is 0 Å². The molecular formula is C16H25N3. The van der Waals surface area contributed by atoms with Crippen LogP contribution in [0.1, 0.15) is 38.7 Å². The molecule has 0 radical (unpaired) electrons. The fourth-order valence-corrected chi connectivity index (χ4v) is 2.30. The SMILES string of the molecule is CCCNC(=NCC1(c2ccccc2)CC1)NCC. The van der Waals surface area contributed by atoms with Gasteiger partial charge in [-0.25, -0.2) is 0 Å². The van der Waals surface area contributed by atoms with Gasteiger partial charge in [-0.3, -0.25) is 4.99 Å². The molecule has 2 rings (SSSR count). The van der Waals surface area contributed by atoms with Gasteiger partial charge in [0.05, 0.1) is 6.54 Å². The van der Waals surface area contributed by atoms with Crippen molar-refractivity contribution in [3.63, 3.8) is 0 Å². The van der Waals surface area contributed by atoms with E-state index in [-0.39, 0.29) is 0 Å². The molecule has 3 heteroatoms. The molecule has 0 spiro atoms. The van der Waals surface area contributed by atoms with Crippen LogP contribution in [0, 0.1) is 0 Å². The highest BCUT2D eigenvalue weighted by Crippen LogP contribution is 2.48. The summed E-state index contributed by atoms with van der Waals surface area (Å²) in [4.78, 5) is 4.76. The number of guanidine groups is 1. The zero-order valence-corrected chi connectivity index (χ0v) is 12.1. The van der Waals surface area contributed by atoms with Crippen LogP contribution in [-0.4, -0.2) is 25.6 Å². The molecule has 0 unspecified atom stereocenters. The summed E-state index contributed by atoms with van der Waals surface area (Å²) in [5.41, 5.74) is 1.74. The van der Waals surface area contributed by atoms with E-state index in [1.807, 2.05) is 0 Å². The van der Waals surface area contributed by atoms with Gasteiger partial charge in [-0.05, 0) is 31.7 Å². The molecule has 0 saturated heterocycles. The first-order valence-electron chi connectivity index (χ1n) is 7.38. The zero-order valence-electron chi connectivity index (χ0n) is 12.1. The molecule has 1 fully saturated rings. The molecule has 3 nitrogen and oxygen atoms in total. The minimum atomic E-state index is 0.301. The third-order valence-electron chi connectivity index (χ3n) is 3.67. The summed E-state index contributed by atoms with van der Waals surface area (Å²) in [6.45, 7) is 7.05. The maximum atomic E-state index is 4.76. The normalized spacial score (nSPS) is 17.1. The second-order valence-electron chi connectivity index (χ2n) is 5.27. The van der Waals surface area contributed by atoms with Crippen LogP contribution < -0.4 is 10.6 Å². The van der Waals surface area contributed by atoms with Gasteiger partial charge in [-0.1, -0.05) is 37.3 Å². The summed E-state index contributed by atoms with van der Waals surface area (Å²) < 4.78 is 0. The lowest BCUT2D eigenvalue weighted by Gasteiger charge is -2.15. The fourth-order valence-electron chi connectivity index (χ4n) is 2.30. The van der Waals surface area contributed by atoms with Crippen LogP contribution in [0.2, 0.25) is 0 Å². The summed E-state index contributed by atoms with van der Waals surface area (Å²) in [5.74, 6) is 0.951. The quantitative estimate of drug-likeness (QED) is 0.609. The molecule has 1 saturated carbocycles. The maximum absolute atomic E-state index is 4.76. The van der Waals surface area contributed by atoms with Crippen molar-refractivity contribution in [2.75, 3.05) is 19.6 Å². The Labute approximate surface area is 116 Å². The number of benzene rings is 1.